The van der Waals surface area contributed by atoms with Gasteiger partial charge >= 0.3 is 0 Å². The number of anilines is 1. The van der Waals surface area contributed by atoms with Crippen LogP contribution in [0.3, 0.4) is 0 Å². The van der Waals surface area contributed by atoms with Crippen molar-refractivity contribution in [2.75, 3.05) is 32.1 Å². The summed E-state index contributed by atoms with van der Waals surface area (Å²) < 4.78 is 6.19. The van der Waals surface area contributed by atoms with Crippen LogP contribution in [0.1, 0.15) is 23.3 Å². The van der Waals surface area contributed by atoms with Crippen molar-refractivity contribution < 1.29 is 14.3 Å². The number of ether oxygens (including phenoxy) is 1. The van der Waals surface area contributed by atoms with Gasteiger partial charge in [0.25, 0.3) is 11.5 Å². The van der Waals surface area contributed by atoms with E-state index in [4.69, 9.17) is 4.74 Å². The number of likely N-dealkylation sites (tertiary alicyclic amines) is 1. The number of carbonyl (C=O) groups excluding carboxylic acids is 2. The minimum Gasteiger partial charge on any atom is -0.383 e. The minimum absolute atomic E-state index is 0.0514. The lowest BCUT2D eigenvalue weighted by atomic mass is 9.95. The molecule has 0 aromatic carbocycles. The van der Waals surface area contributed by atoms with Crippen LogP contribution in [-0.2, 0) is 16.1 Å². The summed E-state index contributed by atoms with van der Waals surface area (Å²) in [6.07, 6.45) is 4.39. The quantitative estimate of drug-likeness (QED) is 0.787. The molecule has 0 atom stereocenters. The van der Waals surface area contributed by atoms with E-state index in [0.717, 1.165) is 0 Å². The molecule has 2 amide bonds. The van der Waals surface area contributed by atoms with Crippen molar-refractivity contribution in [3.63, 3.8) is 0 Å². The molecule has 9 nitrogen and oxygen atoms in total. The Labute approximate surface area is 162 Å². The summed E-state index contributed by atoms with van der Waals surface area (Å²) >= 11 is 0. The van der Waals surface area contributed by atoms with E-state index in [1.54, 1.807) is 29.4 Å². The number of carbonyl (C=O) groups is 2. The number of methoxy groups -OCH3 is 1. The van der Waals surface area contributed by atoms with Gasteiger partial charge in [-0.2, -0.15) is 5.10 Å². The summed E-state index contributed by atoms with van der Waals surface area (Å²) in [5.74, 6) is -0.440. The lowest BCUT2D eigenvalue weighted by Gasteiger charge is -2.31. The lowest BCUT2D eigenvalue weighted by Crippen LogP contribution is -2.42. The molecule has 1 aliphatic rings. The highest BCUT2D eigenvalue weighted by molar-refractivity contribution is 5.94. The van der Waals surface area contributed by atoms with E-state index in [0.29, 0.717) is 38.2 Å². The standard InChI is InChI=1S/C19H23N5O4/c1-28-13-12-24-17(25)3-2-16(22-24)19(27)23-10-6-14(7-11-23)18(26)21-15-4-8-20-9-5-15/h2-5,8-9,14H,6-7,10-13H2,1H3,(H,20,21,26). The summed E-state index contributed by atoms with van der Waals surface area (Å²) in [5.41, 5.74) is 0.650. The molecule has 1 N–H and O–H groups in total. The highest BCUT2D eigenvalue weighted by atomic mass is 16.5. The van der Waals surface area contributed by atoms with Gasteiger partial charge < -0.3 is 15.0 Å². The second-order valence-electron chi connectivity index (χ2n) is 6.56. The van der Waals surface area contributed by atoms with Crippen LogP contribution in [0.2, 0.25) is 0 Å². The Morgan fingerprint density at radius 2 is 1.89 bits per heavy atom. The highest BCUT2D eigenvalue weighted by Crippen LogP contribution is 2.20. The van der Waals surface area contributed by atoms with Gasteiger partial charge in [-0.15, -0.1) is 0 Å². The molecular formula is C19H23N5O4. The number of piperidine rings is 1. The Morgan fingerprint density at radius 3 is 2.57 bits per heavy atom. The first-order valence-corrected chi connectivity index (χ1v) is 9.16. The molecular weight excluding hydrogens is 362 g/mol. The first kappa shape index (κ1) is 19.7. The maximum Gasteiger partial charge on any atom is 0.274 e. The second-order valence-corrected chi connectivity index (χ2v) is 6.56. The molecule has 0 bridgehead atoms. The van der Waals surface area contributed by atoms with Crippen molar-refractivity contribution >= 4 is 17.5 Å². The van der Waals surface area contributed by atoms with Crippen LogP contribution in [0.5, 0.6) is 0 Å². The van der Waals surface area contributed by atoms with Crippen molar-refractivity contribution in [3.05, 3.63) is 52.7 Å². The van der Waals surface area contributed by atoms with E-state index in [9.17, 15) is 14.4 Å². The number of amides is 2. The van der Waals surface area contributed by atoms with E-state index in [1.807, 2.05) is 0 Å². The molecule has 0 aliphatic carbocycles. The lowest BCUT2D eigenvalue weighted by molar-refractivity contribution is -0.121. The normalized spacial score (nSPS) is 14.7. The number of hydrogen-bond acceptors (Lipinski definition) is 6. The molecule has 1 saturated heterocycles. The Morgan fingerprint density at radius 1 is 1.18 bits per heavy atom. The van der Waals surface area contributed by atoms with Crippen LogP contribution in [0.4, 0.5) is 5.69 Å². The predicted octanol–water partition coefficient (Wildman–Crippen LogP) is 0.776. The van der Waals surface area contributed by atoms with Gasteiger partial charge in [0.2, 0.25) is 5.91 Å². The van der Waals surface area contributed by atoms with E-state index < -0.39 is 0 Å². The van der Waals surface area contributed by atoms with E-state index in [1.165, 1.54) is 23.9 Å². The molecule has 9 heteroatoms. The molecule has 148 valence electrons. The number of hydrogen-bond donors (Lipinski definition) is 1. The smallest absolute Gasteiger partial charge is 0.274 e. The number of aromatic nitrogens is 3. The van der Waals surface area contributed by atoms with Gasteiger partial charge in [0.05, 0.1) is 13.2 Å². The zero-order chi connectivity index (χ0) is 19.9. The molecule has 0 saturated carbocycles. The fourth-order valence-electron chi connectivity index (χ4n) is 3.09. The van der Waals surface area contributed by atoms with Gasteiger partial charge in [-0.25, -0.2) is 4.68 Å². The zero-order valence-corrected chi connectivity index (χ0v) is 15.7. The van der Waals surface area contributed by atoms with Gasteiger partial charge in [0, 0.05) is 50.3 Å². The van der Waals surface area contributed by atoms with Crippen molar-refractivity contribution in [1.29, 1.82) is 0 Å². The Balaban J connectivity index is 1.58. The molecule has 0 spiro atoms. The summed E-state index contributed by atoms with van der Waals surface area (Å²) in [6.45, 7) is 1.55. The van der Waals surface area contributed by atoms with Crippen molar-refractivity contribution in [2.24, 2.45) is 5.92 Å². The molecule has 2 aromatic rings. The summed E-state index contributed by atoms with van der Waals surface area (Å²) in [5, 5.41) is 7.02. The fraction of sp³-hybridized carbons (Fsp3) is 0.421. The van der Waals surface area contributed by atoms with Crippen LogP contribution in [0, 0.1) is 5.92 Å². The molecule has 1 aliphatic heterocycles. The van der Waals surface area contributed by atoms with Crippen molar-refractivity contribution in [3.8, 4) is 0 Å². The fourth-order valence-corrected chi connectivity index (χ4v) is 3.09. The average Bonchev–Trinajstić information content (AvgIpc) is 2.73. The molecule has 0 unspecified atom stereocenters. The maximum atomic E-state index is 12.7. The maximum absolute atomic E-state index is 12.7. The largest absolute Gasteiger partial charge is 0.383 e. The first-order valence-electron chi connectivity index (χ1n) is 9.16. The van der Waals surface area contributed by atoms with Gasteiger partial charge in [0.1, 0.15) is 5.69 Å². The third-order valence-corrected chi connectivity index (χ3v) is 4.69. The molecule has 3 rings (SSSR count). The Kier molecular flexibility index (Phi) is 6.49. The van der Waals surface area contributed by atoms with Crippen LogP contribution < -0.4 is 10.9 Å². The van der Waals surface area contributed by atoms with E-state index >= 15 is 0 Å². The minimum atomic E-state index is -0.278. The SMILES string of the molecule is COCCn1nc(C(=O)N2CCC(C(=O)Nc3ccncc3)CC2)ccc1=O. The van der Waals surface area contributed by atoms with Crippen LogP contribution in [0.25, 0.3) is 0 Å². The first-order chi connectivity index (χ1) is 13.6. The van der Waals surface area contributed by atoms with E-state index in [2.05, 4.69) is 15.4 Å². The Hall–Kier alpha value is -3.07. The van der Waals surface area contributed by atoms with Crippen LogP contribution >= 0.6 is 0 Å². The van der Waals surface area contributed by atoms with Crippen molar-refractivity contribution in [1.82, 2.24) is 19.7 Å². The van der Waals surface area contributed by atoms with Gasteiger partial charge in [-0.3, -0.25) is 19.4 Å². The van der Waals surface area contributed by atoms with Crippen molar-refractivity contribution in [2.45, 2.75) is 19.4 Å². The zero-order valence-electron chi connectivity index (χ0n) is 15.7. The number of rotatable bonds is 6. The van der Waals surface area contributed by atoms with Gasteiger partial charge in [-0.05, 0) is 31.0 Å². The summed E-state index contributed by atoms with van der Waals surface area (Å²) in [7, 11) is 1.54. The third kappa shape index (κ3) is 4.80. The average molecular weight is 385 g/mol. The number of nitrogens with zero attached hydrogens (tertiary/aromatic N) is 4. The molecule has 1 fully saturated rings. The number of nitrogens with one attached hydrogen (secondary N) is 1. The molecule has 3 heterocycles. The van der Waals surface area contributed by atoms with Crippen LogP contribution in [0.15, 0.2) is 41.5 Å². The number of pyridine rings is 1. The highest BCUT2D eigenvalue weighted by Gasteiger charge is 2.28. The third-order valence-electron chi connectivity index (χ3n) is 4.69. The molecule has 28 heavy (non-hydrogen) atoms. The van der Waals surface area contributed by atoms with Crippen LogP contribution in [-0.4, -0.2) is 58.3 Å². The van der Waals surface area contributed by atoms with Gasteiger partial charge in [0.15, 0.2) is 0 Å². The van der Waals surface area contributed by atoms with E-state index in [-0.39, 0.29) is 35.5 Å². The van der Waals surface area contributed by atoms with Gasteiger partial charge in [-0.1, -0.05) is 0 Å². The monoisotopic (exact) mass is 385 g/mol. The predicted molar refractivity (Wildman–Crippen MR) is 102 cm³/mol. The Bertz CT molecular complexity index is 875. The molecule has 2 aromatic heterocycles. The molecule has 0 radical (unpaired) electrons. The summed E-state index contributed by atoms with van der Waals surface area (Å²) in [4.78, 5) is 42.5. The second kappa shape index (κ2) is 9.23. The summed E-state index contributed by atoms with van der Waals surface area (Å²) in [6, 6.07) is 6.25. The topological polar surface area (TPSA) is 106 Å².